The predicted molar refractivity (Wildman–Crippen MR) is 60.7 cm³/mol. The lowest BCUT2D eigenvalue weighted by molar-refractivity contribution is 1.23. The van der Waals surface area contributed by atoms with Gasteiger partial charge in [0.15, 0.2) is 0 Å². The molecule has 0 N–H and O–H groups in total. The molecule has 56 valence electrons. The first-order valence-corrected chi connectivity index (χ1v) is 9.32. The van der Waals surface area contributed by atoms with Crippen molar-refractivity contribution in [2.75, 3.05) is 0 Å². The summed E-state index contributed by atoms with van der Waals surface area (Å²) < 4.78 is 3.68. The summed E-state index contributed by atoms with van der Waals surface area (Å²) in [6.45, 7) is 0. The highest BCUT2D eigenvalue weighted by Gasteiger charge is 2.49. The Kier molecular flexibility index (Phi) is 2.10. The molecule has 3 aliphatic heterocycles. The van der Waals surface area contributed by atoms with Crippen molar-refractivity contribution in [3.63, 3.8) is 0 Å². The van der Waals surface area contributed by atoms with Crippen molar-refractivity contribution in [1.82, 2.24) is 0 Å². The zero-order chi connectivity index (χ0) is 6.55. The summed E-state index contributed by atoms with van der Waals surface area (Å²) in [7, 11) is 8.26. The number of hydrogen-bond acceptors (Lipinski definition) is 6. The first kappa shape index (κ1) is 7.50. The number of fused-ring (bicyclic) bond motifs is 2. The second-order valence-corrected chi connectivity index (χ2v) is 11.0. The number of rotatable bonds is 0. The molecule has 0 radical (unpaired) electrons. The van der Waals surface area contributed by atoms with Crippen LogP contribution in [0.1, 0.15) is 0 Å². The molecule has 6 heteroatoms. The van der Waals surface area contributed by atoms with Crippen molar-refractivity contribution >= 4 is 66.7 Å². The first-order valence-electron chi connectivity index (χ1n) is 2.89. The van der Waals surface area contributed by atoms with E-state index in [0.29, 0.717) is 0 Å². The molecule has 10 heavy (non-hydrogen) atoms. The number of hydrogen-bond donors (Lipinski definition) is 0. The van der Waals surface area contributed by atoms with Gasteiger partial charge in [0.1, 0.15) is 0 Å². The lowest BCUT2D eigenvalue weighted by atomic mass is 10.9. The summed E-state index contributed by atoms with van der Waals surface area (Å²) >= 11 is 4.39. The maximum absolute atomic E-state index is 2.19. The van der Waals surface area contributed by atoms with Gasteiger partial charge in [-0.1, -0.05) is 43.2 Å². The third-order valence-corrected chi connectivity index (χ3v) is 14.2. The Bertz CT molecular complexity index is 126. The highest BCUT2D eigenvalue weighted by molar-refractivity contribution is 8.88. The van der Waals surface area contributed by atoms with Crippen LogP contribution >= 0.6 is 66.7 Å². The molecule has 3 fully saturated rings. The normalized spacial score (nSPS) is 57.6. The van der Waals surface area contributed by atoms with Gasteiger partial charge in [-0.25, -0.2) is 0 Å². The van der Waals surface area contributed by atoms with E-state index in [-0.39, 0.29) is 0 Å². The molecule has 3 aliphatic rings. The van der Waals surface area contributed by atoms with Crippen molar-refractivity contribution in [2.45, 2.75) is 18.3 Å². The fraction of sp³-hybridized carbons (Fsp3) is 1.00. The molecule has 3 heterocycles. The van der Waals surface area contributed by atoms with Crippen LogP contribution in [0.2, 0.25) is 0 Å². The van der Waals surface area contributed by atoms with E-state index < -0.39 is 0 Å². The van der Waals surface area contributed by atoms with Gasteiger partial charge in [-0.05, 0) is 0 Å². The van der Waals surface area contributed by atoms with Gasteiger partial charge >= 0.3 is 0 Å². The molecule has 0 aromatic carbocycles. The molecule has 0 spiro atoms. The summed E-state index contributed by atoms with van der Waals surface area (Å²) in [6, 6.07) is 0. The predicted octanol–water partition coefficient (Wildman–Crippen LogP) is 3.56. The van der Waals surface area contributed by atoms with E-state index in [0.717, 1.165) is 18.3 Å². The SMILES string of the molecule is S1SC2SC3SSC3SC12. The highest BCUT2D eigenvalue weighted by Crippen LogP contribution is 2.72. The van der Waals surface area contributed by atoms with E-state index in [9.17, 15) is 0 Å². The minimum absolute atomic E-state index is 0.921. The maximum atomic E-state index is 2.19. The second-order valence-electron chi connectivity index (χ2n) is 2.13. The Hall–Kier alpha value is 2.10. The van der Waals surface area contributed by atoms with E-state index in [4.69, 9.17) is 0 Å². The Morgan fingerprint density at radius 1 is 0.500 bits per heavy atom. The lowest BCUT2D eigenvalue weighted by Gasteiger charge is -2.48. The summed E-state index contributed by atoms with van der Waals surface area (Å²) in [5.41, 5.74) is 0. The molecule has 0 bridgehead atoms. The van der Waals surface area contributed by atoms with Crippen molar-refractivity contribution < 1.29 is 0 Å². The smallest absolute Gasteiger partial charge is 0.0837 e. The fourth-order valence-electron chi connectivity index (χ4n) is 0.904. The Labute approximate surface area is 84.4 Å². The van der Waals surface area contributed by atoms with Gasteiger partial charge in [0.25, 0.3) is 0 Å². The van der Waals surface area contributed by atoms with Gasteiger partial charge < -0.3 is 0 Å². The van der Waals surface area contributed by atoms with Crippen LogP contribution in [-0.2, 0) is 0 Å². The average molecular weight is 244 g/mol. The van der Waals surface area contributed by atoms with E-state index in [1.807, 2.05) is 0 Å². The molecule has 0 aliphatic carbocycles. The van der Waals surface area contributed by atoms with Crippen LogP contribution in [0.5, 0.6) is 0 Å². The van der Waals surface area contributed by atoms with Gasteiger partial charge in [-0.15, -0.1) is 23.5 Å². The van der Waals surface area contributed by atoms with Crippen molar-refractivity contribution in [2.24, 2.45) is 0 Å². The maximum Gasteiger partial charge on any atom is 0.0837 e. The van der Waals surface area contributed by atoms with Crippen LogP contribution in [-0.4, -0.2) is 18.3 Å². The zero-order valence-corrected chi connectivity index (χ0v) is 9.66. The molecule has 0 aromatic heterocycles. The van der Waals surface area contributed by atoms with E-state index >= 15 is 0 Å². The summed E-state index contributed by atoms with van der Waals surface area (Å²) in [6.07, 6.45) is 0. The van der Waals surface area contributed by atoms with Crippen LogP contribution in [0.15, 0.2) is 0 Å². The standard InChI is InChI=1S/C4H4S6/c5-1-2(8-7-1)6-4-3(5)9-10-4/h1-4H. The molecular formula is C4H4S6. The minimum atomic E-state index is 0.921. The van der Waals surface area contributed by atoms with Crippen molar-refractivity contribution in [1.29, 1.82) is 0 Å². The molecule has 0 aromatic rings. The van der Waals surface area contributed by atoms with Crippen LogP contribution in [0.4, 0.5) is 0 Å². The molecule has 0 amide bonds. The largest absolute Gasteiger partial charge is 0.127 e. The van der Waals surface area contributed by atoms with Crippen LogP contribution in [0, 0.1) is 0 Å². The molecule has 4 unspecified atom stereocenters. The summed E-state index contributed by atoms with van der Waals surface area (Å²) in [5, 5.41) is 0. The Morgan fingerprint density at radius 3 is 1.00 bits per heavy atom. The van der Waals surface area contributed by atoms with Crippen molar-refractivity contribution in [3.05, 3.63) is 0 Å². The summed E-state index contributed by atoms with van der Waals surface area (Å²) in [4.78, 5) is 0. The van der Waals surface area contributed by atoms with E-state index in [1.54, 1.807) is 0 Å². The lowest BCUT2D eigenvalue weighted by Crippen LogP contribution is -2.36. The van der Waals surface area contributed by atoms with Gasteiger partial charge in [0.2, 0.25) is 0 Å². The first-order chi connectivity index (χ1) is 4.93. The summed E-state index contributed by atoms with van der Waals surface area (Å²) in [5.74, 6) is 0. The van der Waals surface area contributed by atoms with Crippen LogP contribution in [0.3, 0.4) is 0 Å². The van der Waals surface area contributed by atoms with E-state index in [2.05, 4.69) is 66.7 Å². The van der Waals surface area contributed by atoms with Crippen LogP contribution < -0.4 is 0 Å². The van der Waals surface area contributed by atoms with Gasteiger partial charge in [0, 0.05) is 0 Å². The molecule has 0 nitrogen and oxygen atoms in total. The second kappa shape index (κ2) is 2.80. The zero-order valence-electron chi connectivity index (χ0n) is 4.76. The van der Waals surface area contributed by atoms with Gasteiger partial charge in [-0.3, -0.25) is 0 Å². The number of thioether (sulfide) groups is 2. The molecule has 0 saturated carbocycles. The average Bonchev–Trinajstić information content (AvgIpc) is 1.82. The Balaban J connectivity index is 1.74. The minimum Gasteiger partial charge on any atom is -0.127 e. The van der Waals surface area contributed by atoms with Gasteiger partial charge in [-0.2, -0.15) is 0 Å². The van der Waals surface area contributed by atoms with Crippen molar-refractivity contribution in [3.8, 4) is 0 Å². The topological polar surface area (TPSA) is 0 Å². The monoisotopic (exact) mass is 244 g/mol. The quantitative estimate of drug-likeness (QED) is 0.593. The fourth-order valence-corrected chi connectivity index (χ4v) is 13.3. The Morgan fingerprint density at radius 2 is 0.800 bits per heavy atom. The highest BCUT2D eigenvalue weighted by atomic mass is 33.1. The van der Waals surface area contributed by atoms with Crippen LogP contribution in [0.25, 0.3) is 0 Å². The van der Waals surface area contributed by atoms with E-state index in [1.165, 1.54) is 0 Å². The molecule has 3 saturated heterocycles. The molecule has 3 rings (SSSR count). The van der Waals surface area contributed by atoms with Gasteiger partial charge in [0.05, 0.1) is 18.3 Å². The third-order valence-electron chi connectivity index (χ3n) is 1.47. The molecular weight excluding hydrogens is 240 g/mol. The third kappa shape index (κ3) is 1.06. The molecule has 4 atom stereocenters.